The number of piperidine rings is 1. The number of anilines is 1. The topological polar surface area (TPSA) is 25.4 Å². The third kappa shape index (κ3) is 2.47. The molecule has 126 valence electrons. The number of nitrogens with zero attached hydrogens (tertiary/aromatic N) is 2. The van der Waals surface area contributed by atoms with Crippen molar-refractivity contribution in [2.24, 2.45) is 0 Å². The molecule has 3 aliphatic rings. The van der Waals surface area contributed by atoms with Crippen LogP contribution in [0.4, 0.5) is 5.69 Å². The van der Waals surface area contributed by atoms with E-state index in [1.807, 2.05) is 0 Å². The van der Waals surface area contributed by atoms with E-state index in [1.165, 1.54) is 41.0 Å². The van der Waals surface area contributed by atoms with Gasteiger partial charge in [-0.2, -0.15) is 0 Å². The van der Waals surface area contributed by atoms with E-state index in [2.05, 4.69) is 56.0 Å². The number of methoxy groups -OCH3 is 1. The average Bonchev–Trinajstić information content (AvgIpc) is 2.61. The standard InChI is InChI=1S/C21H26N2O/c1-21(2,3)18-13-17(14-5-7-16(24-4)8-6-14)20-19(22-18)15-9-11-23(20)12-10-15/h5-8,13,15H,9-12H2,1-4H3. The molecule has 2 aromatic rings. The Hall–Kier alpha value is -2.03. The summed E-state index contributed by atoms with van der Waals surface area (Å²) in [5.74, 6) is 1.53. The first-order chi connectivity index (χ1) is 11.5. The molecule has 1 aromatic carbocycles. The molecule has 24 heavy (non-hydrogen) atoms. The van der Waals surface area contributed by atoms with E-state index in [0.29, 0.717) is 5.92 Å². The van der Waals surface area contributed by atoms with E-state index in [-0.39, 0.29) is 5.41 Å². The number of rotatable bonds is 2. The smallest absolute Gasteiger partial charge is 0.118 e. The van der Waals surface area contributed by atoms with Crippen LogP contribution in [0, 0.1) is 0 Å². The Kier molecular flexibility index (Phi) is 3.56. The summed E-state index contributed by atoms with van der Waals surface area (Å²) in [5.41, 5.74) is 6.54. The van der Waals surface area contributed by atoms with Gasteiger partial charge in [0.15, 0.2) is 0 Å². The van der Waals surface area contributed by atoms with Crippen LogP contribution < -0.4 is 9.64 Å². The van der Waals surface area contributed by atoms with Crippen molar-refractivity contribution >= 4 is 5.69 Å². The van der Waals surface area contributed by atoms with Gasteiger partial charge in [-0.25, -0.2) is 0 Å². The van der Waals surface area contributed by atoms with Crippen molar-refractivity contribution in [3.05, 3.63) is 41.7 Å². The van der Waals surface area contributed by atoms with Crippen LogP contribution in [0.25, 0.3) is 11.1 Å². The van der Waals surface area contributed by atoms with Crippen LogP contribution in [-0.4, -0.2) is 25.2 Å². The Morgan fingerprint density at radius 1 is 1.08 bits per heavy atom. The molecular weight excluding hydrogens is 296 g/mol. The monoisotopic (exact) mass is 322 g/mol. The number of benzene rings is 1. The maximum Gasteiger partial charge on any atom is 0.118 e. The lowest BCUT2D eigenvalue weighted by Gasteiger charge is -2.43. The summed E-state index contributed by atoms with van der Waals surface area (Å²) in [7, 11) is 1.71. The summed E-state index contributed by atoms with van der Waals surface area (Å²) >= 11 is 0. The summed E-state index contributed by atoms with van der Waals surface area (Å²) in [5, 5.41) is 0. The summed E-state index contributed by atoms with van der Waals surface area (Å²) in [6.07, 6.45) is 2.49. The normalized spacial score (nSPS) is 17.1. The van der Waals surface area contributed by atoms with Crippen LogP contribution in [0.15, 0.2) is 30.3 Å². The lowest BCUT2D eigenvalue weighted by Crippen LogP contribution is -2.40. The van der Waals surface area contributed by atoms with Crippen LogP contribution in [0.3, 0.4) is 0 Å². The predicted molar refractivity (Wildman–Crippen MR) is 99.1 cm³/mol. The van der Waals surface area contributed by atoms with Gasteiger partial charge in [-0.15, -0.1) is 0 Å². The van der Waals surface area contributed by atoms with Crippen molar-refractivity contribution in [3.8, 4) is 16.9 Å². The van der Waals surface area contributed by atoms with Crippen LogP contribution in [0.1, 0.15) is 50.9 Å². The number of pyridine rings is 1. The number of aromatic nitrogens is 1. The van der Waals surface area contributed by atoms with E-state index >= 15 is 0 Å². The van der Waals surface area contributed by atoms with E-state index < -0.39 is 0 Å². The highest BCUT2D eigenvalue weighted by Gasteiger charge is 2.35. The summed E-state index contributed by atoms with van der Waals surface area (Å²) in [6.45, 7) is 9.08. The molecule has 0 aliphatic carbocycles. The molecule has 1 aromatic heterocycles. The Morgan fingerprint density at radius 3 is 2.33 bits per heavy atom. The number of fused-ring (bicyclic) bond motifs is 2. The zero-order valence-corrected chi connectivity index (χ0v) is 15.1. The molecule has 1 fully saturated rings. The second-order valence-electron chi connectivity index (χ2n) is 8.03. The summed E-state index contributed by atoms with van der Waals surface area (Å²) < 4.78 is 5.32. The van der Waals surface area contributed by atoms with Gasteiger partial charge in [0.2, 0.25) is 0 Å². The van der Waals surface area contributed by atoms with E-state index in [4.69, 9.17) is 9.72 Å². The van der Waals surface area contributed by atoms with Crippen molar-refractivity contribution in [1.82, 2.24) is 4.98 Å². The number of hydrogen-bond acceptors (Lipinski definition) is 3. The molecule has 3 aliphatic heterocycles. The zero-order chi connectivity index (χ0) is 16.9. The molecule has 0 spiro atoms. The van der Waals surface area contributed by atoms with E-state index in [1.54, 1.807) is 7.11 Å². The molecule has 0 amide bonds. The Labute approximate surface area is 144 Å². The second-order valence-corrected chi connectivity index (χ2v) is 8.03. The van der Waals surface area contributed by atoms with E-state index in [0.717, 1.165) is 18.8 Å². The molecular formula is C21H26N2O. The fourth-order valence-corrected chi connectivity index (χ4v) is 3.93. The zero-order valence-electron chi connectivity index (χ0n) is 15.1. The largest absolute Gasteiger partial charge is 0.497 e. The molecule has 2 bridgehead atoms. The third-order valence-corrected chi connectivity index (χ3v) is 5.39. The Morgan fingerprint density at radius 2 is 1.75 bits per heavy atom. The number of ether oxygens (including phenoxy) is 1. The molecule has 1 saturated heterocycles. The van der Waals surface area contributed by atoms with Crippen LogP contribution in [0.5, 0.6) is 5.75 Å². The average molecular weight is 322 g/mol. The van der Waals surface area contributed by atoms with Crippen molar-refractivity contribution in [3.63, 3.8) is 0 Å². The first-order valence-corrected chi connectivity index (χ1v) is 8.92. The predicted octanol–water partition coefficient (Wildman–Crippen LogP) is 4.75. The molecule has 0 saturated carbocycles. The van der Waals surface area contributed by atoms with Gasteiger partial charge in [0.25, 0.3) is 0 Å². The van der Waals surface area contributed by atoms with Crippen molar-refractivity contribution < 1.29 is 4.74 Å². The Balaban J connectivity index is 1.92. The minimum Gasteiger partial charge on any atom is -0.497 e. The van der Waals surface area contributed by atoms with Crippen LogP contribution in [0.2, 0.25) is 0 Å². The lowest BCUT2D eigenvalue weighted by molar-refractivity contribution is 0.415. The van der Waals surface area contributed by atoms with Gasteiger partial charge in [-0.05, 0) is 36.6 Å². The van der Waals surface area contributed by atoms with Gasteiger partial charge in [-0.3, -0.25) is 4.98 Å². The molecule has 4 heterocycles. The SMILES string of the molecule is COc1ccc(-c2cc(C(C)(C)C)nc3c2N2CCC3CC2)cc1. The number of hydrogen-bond donors (Lipinski definition) is 0. The second kappa shape index (κ2) is 5.51. The first kappa shape index (κ1) is 15.5. The van der Waals surface area contributed by atoms with Crippen molar-refractivity contribution in [1.29, 1.82) is 0 Å². The molecule has 5 rings (SSSR count). The van der Waals surface area contributed by atoms with Crippen LogP contribution >= 0.6 is 0 Å². The fraction of sp³-hybridized carbons (Fsp3) is 0.476. The van der Waals surface area contributed by atoms with Gasteiger partial charge < -0.3 is 9.64 Å². The highest BCUT2D eigenvalue weighted by atomic mass is 16.5. The van der Waals surface area contributed by atoms with Gasteiger partial charge in [-0.1, -0.05) is 32.9 Å². The minimum absolute atomic E-state index is 0.0578. The fourth-order valence-electron chi connectivity index (χ4n) is 3.93. The maximum atomic E-state index is 5.32. The molecule has 3 heteroatoms. The highest BCUT2D eigenvalue weighted by molar-refractivity contribution is 5.82. The van der Waals surface area contributed by atoms with Gasteiger partial charge >= 0.3 is 0 Å². The molecule has 0 atom stereocenters. The minimum atomic E-state index is 0.0578. The van der Waals surface area contributed by atoms with Gasteiger partial charge in [0.1, 0.15) is 5.75 Å². The van der Waals surface area contributed by atoms with E-state index in [9.17, 15) is 0 Å². The quantitative estimate of drug-likeness (QED) is 0.797. The van der Waals surface area contributed by atoms with Gasteiger partial charge in [0.05, 0.1) is 18.5 Å². The summed E-state index contributed by atoms with van der Waals surface area (Å²) in [4.78, 5) is 7.66. The first-order valence-electron chi connectivity index (χ1n) is 8.92. The Bertz CT molecular complexity index is 751. The highest BCUT2D eigenvalue weighted by Crippen LogP contribution is 2.47. The van der Waals surface area contributed by atoms with Crippen molar-refractivity contribution in [2.75, 3.05) is 25.1 Å². The van der Waals surface area contributed by atoms with Crippen LogP contribution in [-0.2, 0) is 5.41 Å². The summed E-state index contributed by atoms with van der Waals surface area (Å²) in [6, 6.07) is 10.8. The third-order valence-electron chi connectivity index (χ3n) is 5.39. The molecule has 0 radical (unpaired) electrons. The lowest BCUT2D eigenvalue weighted by atomic mass is 9.81. The van der Waals surface area contributed by atoms with Crippen molar-refractivity contribution in [2.45, 2.75) is 44.9 Å². The molecule has 0 unspecified atom stereocenters. The molecule has 3 nitrogen and oxygen atoms in total. The molecule has 0 N–H and O–H groups in total. The maximum absolute atomic E-state index is 5.32. The van der Waals surface area contributed by atoms with Gasteiger partial charge in [0, 0.05) is 35.7 Å².